The molecule has 0 atom stereocenters. The number of anilines is 1. The van der Waals surface area contributed by atoms with Gasteiger partial charge in [0.2, 0.25) is 0 Å². The van der Waals surface area contributed by atoms with Gasteiger partial charge in [0.1, 0.15) is 4.88 Å². The highest BCUT2D eigenvalue weighted by Crippen LogP contribution is 2.30. The largest absolute Gasteiger partial charge is 0.320 e. The van der Waals surface area contributed by atoms with Crippen LogP contribution < -0.4 is 5.32 Å². The van der Waals surface area contributed by atoms with E-state index in [-0.39, 0.29) is 5.91 Å². The minimum absolute atomic E-state index is 0.237. The molecule has 0 saturated heterocycles. The van der Waals surface area contributed by atoms with Gasteiger partial charge in [-0.3, -0.25) is 4.79 Å². The molecule has 0 bridgehead atoms. The second-order valence-electron chi connectivity index (χ2n) is 5.86. The first-order valence-corrected chi connectivity index (χ1v) is 9.70. The van der Waals surface area contributed by atoms with Gasteiger partial charge >= 0.3 is 0 Å². The molecule has 7 nitrogen and oxygen atoms in total. The normalized spacial score (nSPS) is 10.8. The standard InChI is InChI=1S/C19H15ClN6OS/c1-2-14-16(12-6-4-3-5-7-12)25-28-17(14)19(27)24-13-10-15(20)18(21-11-13)26-22-8-9-23-26/h3-11H,2H2,1H3,(H,24,27). The molecule has 4 aromatic rings. The number of carbonyl (C=O) groups is 1. The molecule has 0 aliphatic carbocycles. The third kappa shape index (κ3) is 3.51. The first-order valence-electron chi connectivity index (χ1n) is 8.55. The summed E-state index contributed by atoms with van der Waals surface area (Å²) in [6.07, 6.45) is 5.29. The number of aromatic nitrogens is 5. The fourth-order valence-electron chi connectivity index (χ4n) is 2.80. The molecule has 0 unspecified atom stereocenters. The Morgan fingerprint density at radius 1 is 1.21 bits per heavy atom. The van der Waals surface area contributed by atoms with E-state index in [9.17, 15) is 4.79 Å². The topological polar surface area (TPSA) is 85.6 Å². The SMILES string of the molecule is CCc1c(-c2ccccc2)nsc1C(=O)Nc1cnc(-n2nccn2)c(Cl)c1. The van der Waals surface area contributed by atoms with Crippen molar-refractivity contribution in [1.29, 1.82) is 0 Å². The van der Waals surface area contributed by atoms with E-state index in [0.29, 0.717) is 27.8 Å². The van der Waals surface area contributed by atoms with Crippen molar-refractivity contribution in [2.75, 3.05) is 5.32 Å². The number of pyridine rings is 1. The smallest absolute Gasteiger partial charge is 0.267 e. The summed E-state index contributed by atoms with van der Waals surface area (Å²) in [6.45, 7) is 2.01. The summed E-state index contributed by atoms with van der Waals surface area (Å²) in [5.74, 6) is 0.155. The molecule has 0 aliphatic rings. The second-order valence-corrected chi connectivity index (χ2v) is 7.04. The van der Waals surface area contributed by atoms with Crippen LogP contribution in [0.4, 0.5) is 5.69 Å². The highest BCUT2D eigenvalue weighted by atomic mass is 35.5. The lowest BCUT2D eigenvalue weighted by Crippen LogP contribution is -2.13. The minimum Gasteiger partial charge on any atom is -0.320 e. The van der Waals surface area contributed by atoms with Gasteiger partial charge in [-0.15, -0.1) is 4.80 Å². The van der Waals surface area contributed by atoms with Gasteiger partial charge in [-0.05, 0) is 24.0 Å². The van der Waals surface area contributed by atoms with Crippen LogP contribution in [0, 0.1) is 0 Å². The van der Waals surface area contributed by atoms with Crippen molar-refractivity contribution >= 4 is 34.7 Å². The molecule has 3 heterocycles. The molecule has 1 aromatic carbocycles. The lowest BCUT2D eigenvalue weighted by Gasteiger charge is -2.08. The van der Waals surface area contributed by atoms with E-state index in [1.54, 1.807) is 6.07 Å². The third-order valence-electron chi connectivity index (χ3n) is 4.08. The number of carbonyl (C=O) groups excluding carboxylic acids is 1. The average molecular weight is 411 g/mol. The van der Waals surface area contributed by atoms with Crippen molar-refractivity contribution in [3.05, 3.63) is 70.5 Å². The van der Waals surface area contributed by atoms with Crippen molar-refractivity contribution in [2.24, 2.45) is 0 Å². The number of hydrogen-bond acceptors (Lipinski definition) is 6. The Hall–Kier alpha value is -3.10. The lowest BCUT2D eigenvalue weighted by atomic mass is 10.0. The van der Waals surface area contributed by atoms with Crippen LogP contribution in [0.25, 0.3) is 17.1 Å². The van der Waals surface area contributed by atoms with Gasteiger partial charge in [0.15, 0.2) is 5.82 Å². The molecule has 9 heteroatoms. The van der Waals surface area contributed by atoms with E-state index in [4.69, 9.17) is 11.6 Å². The van der Waals surface area contributed by atoms with Crippen LogP contribution in [0.5, 0.6) is 0 Å². The van der Waals surface area contributed by atoms with Crippen LogP contribution in [0.1, 0.15) is 22.2 Å². The van der Waals surface area contributed by atoms with E-state index < -0.39 is 0 Å². The van der Waals surface area contributed by atoms with E-state index in [1.807, 2.05) is 37.3 Å². The third-order valence-corrected chi connectivity index (χ3v) is 5.25. The lowest BCUT2D eigenvalue weighted by molar-refractivity contribution is 0.103. The van der Waals surface area contributed by atoms with Crippen LogP contribution in [-0.2, 0) is 6.42 Å². The van der Waals surface area contributed by atoms with Gasteiger partial charge in [-0.2, -0.15) is 14.6 Å². The zero-order valence-corrected chi connectivity index (χ0v) is 16.4. The zero-order chi connectivity index (χ0) is 19.5. The Balaban J connectivity index is 1.59. The number of benzene rings is 1. The highest BCUT2D eigenvalue weighted by molar-refractivity contribution is 7.08. The molecule has 3 aromatic heterocycles. The number of nitrogens with zero attached hydrogens (tertiary/aromatic N) is 5. The summed E-state index contributed by atoms with van der Waals surface area (Å²) >= 11 is 7.46. The molecule has 4 rings (SSSR count). The second kappa shape index (κ2) is 7.87. The van der Waals surface area contributed by atoms with E-state index in [2.05, 4.69) is 24.9 Å². The van der Waals surface area contributed by atoms with Crippen molar-refractivity contribution in [3.8, 4) is 17.1 Å². The molecular weight excluding hydrogens is 396 g/mol. The first-order chi connectivity index (χ1) is 13.7. The maximum Gasteiger partial charge on any atom is 0.267 e. The van der Waals surface area contributed by atoms with Crippen molar-refractivity contribution in [2.45, 2.75) is 13.3 Å². The maximum atomic E-state index is 12.8. The van der Waals surface area contributed by atoms with Crippen LogP contribution in [-0.4, -0.2) is 30.3 Å². The number of hydrogen-bond donors (Lipinski definition) is 1. The van der Waals surface area contributed by atoms with Crippen molar-refractivity contribution in [3.63, 3.8) is 0 Å². The fraction of sp³-hybridized carbons (Fsp3) is 0.105. The summed E-state index contributed by atoms with van der Waals surface area (Å²) < 4.78 is 4.50. The maximum absolute atomic E-state index is 12.8. The monoisotopic (exact) mass is 410 g/mol. The average Bonchev–Trinajstić information content (AvgIpc) is 3.38. The van der Waals surface area contributed by atoms with Crippen LogP contribution >= 0.6 is 23.1 Å². The Morgan fingerprint density at radius 2 is 1.96 bits per heavy atom. The molecule has 0 saturated carbocycles. The van der Waals surface area contributed by atoms with E-state index >= 15 is 0 Å². The van der Waals surface area contributed by atoms with Gasteiger partial charge in [0, 0.05) is 11.1 Å². The van der Waals surface area contributed by atoms with Gasteiger partial charge in [0.05, 0.1) is 35.0 Å². The van der Waals surface area contributed by atoms with Crippen molar-refractivity contribution < 1.29 is 4.79 Å². The van der Waals surface area contributed by atoms with Gasteiger partial charge in [-0.25, -0.2) is 4.98 Å². The molecule has 0 spiro atoms. The Labute approximate surface area is 170 Å². The molecule has 0 fully saturated rings. The Kier molecular flexibility index (Phi) is 5.14. The number of rotatable bonds is 5. The number of amides is 1. The minimum atomic E-state index is -0.237. The Morgan fingerprint density at radius 3 is 2.64 bits per heavy atom. The zero-order valence-electron chi connectivity index (χ0n) is 14.8. The molecule has 28 heavy (non-hydrogen) atoms. The fourth-order valence-corrected chi connectivity index (χ4v) is 3.92. The van der Waals surface area contributed by atoms with E-state index in [0.717, 1.165) is 16.8 Å². The summed E-state index contributed by atoms with van der Waals surface area (Å²) in [5.41, 5.74) is 3.25. The summed E-state index contributed by atoms with van der Waals surface area (Å²) in [6, 6.07) is 11.5. The molecule has 1 amide bonds. The summed E-state index contributed by atoms with van der Waals surface area (Å²) in [5, 5.41) is 11.2. The van der Waals surface area contributed by atoms with Crippen LogP contribution in [0.3, 0.4) is 0 Å². The van der Waals surface area contributed by atoms with Gasteiger partial charge in [-0.1, -0.05) is 48.9 Å². The predicted octanol–water partition coefficient (Wildman–Crippen LogP) is 4.25. The van der Waals surface area contributed by atoms with Gasteiger partial charge < -0.3 is 5.32 Å². The van der Waals surface area contributed by atoms with Crippen LogP contribution in [0.2, 0.25) is 5.02 Å². The van der Waals surface area contributed by atoms with Crippen LogP contribution in [0.15, 0.2) is 55.0 Å². The number of nitrogens with one attached hydrogen (secondary N) is 1. The van der Waals surface area contributed by atoms with E-state index in [1.165, 1.54) is 34.9 Å². The van der Waals surface area contributed by atoms with Gasteiger partial charge in [0.25, 0.3) is 5.91 Å². The first kappa shape index (κ1) is 18.3. The molecule has 140 valence electrons. The summed E-state index contributed by atoms with van der Waals surface area (Å²) in [4.78, 5) is 19.0. The highest BCUT2D eigenvalue weighted by Gasteiger charge is 2.20. The molecule has 1 N–H and O–H groups in total. The number of halogens is 1. The quantitative estimate of drug-likeness (QED) is 0.531. The molecular formula is C19H15ClN6OS. The van der Waals surface area contributed by atoms with Crippen molar-refractivity contribution in [1.82, 2.24) is 24.4 Å². The molecule has 0 radical (unpaired) electrons. The predicted molar refractivity (Wildman–Crippen MR) is 109 cm³/mol. The summed E-state index contributed by atoms with van der Waals surface area (Å²) in [7, 11) is 0. The molecule has 0 aliphatic heterocycles. The Bertz CT molecular complexity index is 1110.